The Kier molecular flexibility index (Phi) is 7.36. The predicted molar refractivity (Wildman–Crippen MR) is 109 cm³/mol. The molecular weight excluding hydrogens is 555 g/mol. The van der Waals surface area contributed by atoms with E-state index in [1.54, 1.807) is 14.2 Å². The maximum atomic E-state index is 10.1. The van der Waals surface area contributed by atoms with E-state index in [0.717, 1.165) is 23.8 Å². The van der Waals surface area contributed by atoms with Gasteiger partial charge in [-0.25, -0.2) is 0 Å². The summed E-state index contributed by atoms with van der Waals surface area (Å²) in [5.74, 6) is 1.60. The highest BCUT2D eigenvalue weighted by molar-refractivity contribution is 14.1. The van der Waals surface area contributed by atoms with Gasteiger partial charge in [-0.1, -0.05) is 37.9 Å². The van der Waals surface area contributed by atoms with Gasteiger partial charge in [-0.3, -0.25) is 0 Å². The standard InChI is InChI=1S/C10H11BrO3.C7H6BrIO/c1-13-9-4-7(11)2-3-8(9)10(12)5-14-6-10;1-10-7-4-5(8)2-3-6(7)9/h2-4,12H,5-6H2,1H3;2-4H,1H3. The number of ether oxygens (including phenoxy) is 3. The Morgan fingerprint density at radius 1 is 1.00 bits per heavy atom. The average molecular weight is 572 g/mol. The van der Waals surface area contributed by atoms with E-state index >= 15 is 0 Å². The van der Waals surface area contributed by atoms with E-state index in [1.165, 1.54) is 0 Å². The Hall–Kier alpha value is -0.350. The number of rotatable bonds is 3. The van der Waals surface area contributed by atoms with Crippen molar-refractivity contribution in [1.29, 1.82) is 0 Å². The van der Waals surface area contributed by atoms with Gasteiger partial charge in [-0.2, -0.15) is 0 Å². The Balaban J connectivity index is 0.000000185. The second-order valence-corrected chi connectivity index (χ2v) is 8.14. The van der Waals surface area contributed by atoms with Crippen LogP contribution in [0.25, 0.3) is 0 Å². The van der Waals surface area contributed by atoms with E-state index in [2.05, 4.69) is 54.5 Å². The maximum absolute atomic E-state index is 10.1. The molecule has 7 heteroatoms. The van der Waals surface area contributed by atoms with Crippen molar-refractivity contribution in [2.45, 2.75) is 5.60 Å². The van der Waals surface area contributed by atoms with Crippen molar-refractivity contribution < 1.29 is 19.3 Å². The van der Waals surface area contributed by atoms with Crippen LogP contribution in [0.4, 0.5) is 0 Å². The normalized spacial score (nSPS) is 14.9. The number of benzene rings is 2. The SMILES string of the molecule is COc1cc(Br)ccc1C1(O)COC1.COc1cc(Br)ccc1I. The summed E-state index contributed by atoms with van der Waals surface area (Å²) in [6, 6.07) is 11.5. The number of aliphatic hydroxyl groups is 1. The third-order valence-electron chi connectivity index (χ3n) is 3.46. The van der Waals surface area contributed by atoms with Crippen molar-refractivity contribution >= 4 is 54.5 Å². The molecule has 130 valence electrons. The van der Waals surface area contributed by atoms with Crippen LogP contribution in [0, 0.1) is 3.57 Å². The number of halogens is 3. The molecule has 0 unspecified atom stereocenters. The Bertz CT molecular complexity index is 705. The Labute approximate surface area is 171 Å². The summed E-state index contributed by atoms with van der Waals surface area (Å²) in [6.07, 6.45) is 0. The van der Waals surface area contributed by atoms with Crippen molar-refractivity contribution in [2.24, 2.45) is 0 Å². The molecule has 0 atom stereocenters. The van der Waals surface area contributed by atoms with Crippen LogP contribution in [0.2, 0.25) is 0 Å². The van der Waals surface area contributed by atoms with E-state index in [1.807, 2.05) is 36.4 Å². The Morgan fingerprint density at radius 3 is 2.00 bits per heavy atom. The first-order valence-electron chi connectivity index (χ1n) is 7.03. The van der Waals surface area contributed by atoms with E-state index in [-0.39, 0.29) is 0 Å². The van der Waals surface area contributed by atoms with Crippen LogP contribution in [0.15, 0.2) is 45.3 Å². The van der Waals surface area contributed by atoms with Gasteiger partial charge in [0.25, 0.3) is 0 Å². The molecule has 0 aliphatic carbocycles. The molecule has 0 saturated carbocycles. The summed E-state index contributed by atoms with van der Waals surface area (Å²) in [5, 5.41) is 10.1. The molecule has 1 aliphatic heterocycles. The molecule has 1 saturated heterocycles. The summed E-state index contributed by atoms with van der Waals surface area (Å²) in [4.78, 5) is 0. The minimum absolute atomic E-state index is 0.338. The zero-order valence-corrected chi connectivity index (χ0v) is 18.5. The lowest BCUT2D eigenvalue weighted by Crippen LogP contribution is -2.46. The quantitative estimate of drug-likeness (QED) is 0.541. The van der Waals surface area contributed by atoms with Gasteiger partial charge < -0.3 is 19.3 Å². The van der Waals surface area contributed by atoms with Gasteiger partial charge in [-0.15, -0.1) is 0 Å². The lowest BCUT2D eigenvalue weighted by Gasteiger charge is -2.37. The fraction of sp³-hybridized carbons (Fsp3) is 0.294. The van der Waals surface area contributed by atoms with Gasteiger partial charge in [0.2, 0.25) is 0 Å². The van der Waals surface area contributed by atoms with Crippen molar-refractivity contribution in [2.75, 3.05) is 27.4 Å². The lowest BCUT2D eigenvalue weighted by atomic mass is 9.91. The molecular formula is C17H17Br2IO4. The summed E-state index contributed by atoms with van der Waals surface area (Å²) in [6.45, 7) is 0.677. The highest BCUT2D eigenvalue weighted by Gasteiger charge is 2.40. The van der Waals surface area contributed by atoms with Gasteiger partial charge in [-0.05, 0) is 52.9 Å². The molecule has 4 nitrogen and oxygen atoms in total. The van der Waals surface area contributed by atoms with Gasteiger partial charge in [0, 0.05) is 14.5 Å². The molecule has 0 spiro atoms. The van der Waals surface area contributed by atoms with Crippen LogP contribution in [-0.4, -0.2) is 32.5 Å². The summed E-state index contributed by atoms with van der Waals surface area (Å²) >= 11 is 8.94. The molecule has 0 bridgehead atoms. The minimum Gasteiger partial charge on any atom is -0.496 e. The topological polar surface area (TPSA) is 47.9 Å². The van der Waals surface area contributed by atoms with Gasteiger partial charge in [0.15, 0.2) is 0 Å². The van der Waals surface area contributed by atoms with Crippen LogP contribution in [0.1, 0.15) is 5.56 Å². The molecule has 0 amide bonds. The third kappa shape index (κ3) is 4.85. The van der Waals surface area contributed by atoms with E-state index in [0.29, 0.717) is 19.0 Å². The summed E-state index contributed by atoms with van der Waals surface area (Å²) in [5.41, 5.74) is -0.0825. The first-order valence-corrected chi connectivity index (χ1v) is 9.69. The molecule has 2 aromatic rings. The van der Waals surface area contributed by atoms with E-state index in [4.69, 9.17) is 14.2 Å². The third-order valence-corrected chi connectivity index (χ3v) is 5.34. The summed E-state index contributed by atoms with van der Waals surface area (Å²) < 4.78 is 18.4. The molecule has 1 heterocycles. The zero-order valence-electron chi connectivity index (χ0n) is 13.2. The fourth-order valence-corrected chi connectivity index (χ4v) is 3.37. The van der Waals surface area contributed by atoms with Crippen molar-refractivity contribution in [1.82, 2.24) is 0 Å². The van der Waals surface area contributed by atoms with Gasteiger partial charge in [0.05, 0.1) is 31.0 Å². The fourth-order valence-electron chi connectivity index (χ4n) is 2.13. The van der Waals surface area contributed by atoms with Crippen LogP contribution >= 0.6 is 54.5 Å². The first kappa shape index (κ1) is 20.0. The van der Waals surface area contributed by atoms with Crippen molar-refractivity contribution in [3.8, 4) is 11.5 Å². The number of methoxy groups -OCH3 is 2. The largest absolute Gasteiger partial charge is 0.496 e. The van der Waals surface area contributed by atoms with E-state index in [9.17, 15) is 5.11 Å². The molecule has 1 aliphatic rings. The Morgan fingerprint density at radius 2 is 1.54 bits per heavy atom. The minimum atomic E-state index is -0.869. The first-order chi connectivity index (χ1) is 11.4. The lowest BCUT2D eigenvalue weighted by molar-refractivity contribution is -0.185. The molecule has 0 radical (unpaired) electrons. The van der Waals surface area contributed by atoms with Gasteiger partial charge >= 0.3 is 0 Å². The molecule has 24 heavy (non-hydrogen) atoms. The highest BCUT2D eigenvalue weighted by atomic mass is 127. The molecule has 0 aromatic heterocycles. The van der Waals surface area contributed by atoms with E-state index < -0.39 is 5.60 Å². The molecule has 1 N–H and O–H groups in total. The molecule has 1 fully saturated rings. The smallest absolute Gasteiger partial charge is 0.140 e. The van der Waals surface area contributed by atoms with Crippen LogP contribution in [0.3, 0.4) is 0 Å². The van der Waals surface area contributed by atoms with Crippen LogP contribution < -0.4 is 9.47 Å². The number of hydrogen-bond acceptors (Lipinski definition) is 4. The predicted octanol–water partition coefficient (Wildman–Crippen LogP) is 4.74. The second-order valence-electron chi connectivity index (χ2n) is 5.15. The molecule has 3 rings (SSSR count). The van der Waals surface area contributed by atoms with Crippen molar-refractivity contribution in [3.05, 3.63) is 54.5 Å². The van der Waals surface area contributed by atoms with Crippen LogP contribution in [-0.2, 0) is 10.3 Å². The van der Waals surface area contributed by atoms with Crippen LogP contribution in [0.5, 0.6) is 11.5 Å². The molecule has 2 aromatic carbocycles. The maximum Gasteiger partial charge on any atom is 0.140 e. The zero-order chi connectivity index (χ0) is 17.7. The average Bonchev–Trinajstić information content (AvgIpc) is 2.55. The second kappa shape index (κ2) is 8.84. The highest BCUT2D eigenvalue weighted by Crippen LogP contribution is 2.36. The monoisotopic (exact) mass is 570 g/mol. The number of hydrogen-bond donors (Lipinski definition) is 1. The summed E-state index contributed by atoms with van der Waals surface area (Å²) in [7, 11) is 3.26. The van der Waals surface area contributed by atoms with Crippen molar-refractivity contribution in [3.63, 3.8) is 0 Å². The van der Waals surface area contributed by atoms with Gasteiger partial charge in [0.1, 0.15) is 17.1 Å².